The van der Waals surface area contributed by atoms with Crippen molar-refractivity contribution < 1.29 is 27.1 Å². The predicted molar refractivity (Wildman–Crippen MR) is 45.4 cm³/mol. The van der Waals surface area contributed by atoms with Gasteiger partial charge in [-0.3, -0.25) is 0 Å². The zero-order valence-corrected chi connectivity index (χ0v) is 7.86. The van der Waals surface area contributed by atoms with Crippen molar-refractivity contribution in [2.45, 2.75) is 12.8 Å². The van der Waals surface area contributed by atoms with Gasteiger partial charge in [-0.25, -0.2) is 4.98 Å². The second kappa shape index (κ2) is 6.41. The number of ether oxygens (including phenoxy) is 1. The Morgan fingerprint density at radius 1 is 1.47 bits per heavy atom. The van der Waals surface area contributed by atoms with Gasteiger partial charge in [0, 0.05) is 19.5 Å². The number of nitrogens with zero attached hydrogens (tertiary/aromatic N) is 2. The molecular weight excluding hydrogens is 219 g/mol. The molecule has 0 radical (unpaired) electrons. The summed E-state index contributed by atoms with van der Waals surface area (Å²) in [5.41, 5.74) is 0. The number of halogens is 4. The second-order valence-electron chi connectivity index (χ2n) is 2.44. The first-order chi connectivity index (χ1) is 6.83. The highest BCUT2D eigenvalue weighted by atomic mass is 19.5. The molecule has 1 aromatic heterocycles. The molecule has 0 aliphatic rings. The highest BCUT2D eigenvalue weighted by molar-refractivity contribution is 6.50. The van der Waals surface area contributed by atoms with Crippen LogP contribution in [0.3, 0.4) is 0 Å². The lowest BCUT2D eigenvalue weighted by Crippen LogP contribution is -2.16. The molecule has 0 bridgehead atoms. The van der Waals surface area contributed by atoms with E-state index in [0.29, 0.717) is 6.54 Å². The molecule has 0 aliphatic carbocycles. The number of aliphatic hydroxyl groups excluding tert-OH is 1. The summed E-state index contributed by atoms with van der Waals surface area (Å²) >= 11 is 0. The number of methoxy groups -OCH3 is 1. The second-order valence-corrected chi connectivity index (χ2v) is 2.44. The Bertz CT molecular complexity index is 248. The van der Waals surface area contributed by atoms with Crippen LogP contribution in [0.4, 0.5) is 17.3 Å². The largest absolute Gasteiger partial charge is 0.673 e. The molecule has 0 fully saturated rings. The number of imidazole rings is 1. The highest BCUT2D eigenvalue weighted by Crippen LogP contribution is 2.06. The molecule has 1 unspecified atom stereocenters. The Hall–Kier alpha value is -1.09. The first-order valence-corrected chi connectivity index (χ1v) is 3.87. The van der Waals surface area contributed by atoms with Gasteiger partial charge in [0.15, 0.2) is 6.29 Å². The van der Waals surface area contributed by atoms with E-state index in [2.05, 4.69) is 9.72 Å². The van der Waals surface area contributed by atoms with Gasteiger partial charge < -0.3 is 31.7 Å². The van der Waals surface area contributed by atoms with Crippen LogP contribution < -0.4 is 0 Å². The lowest BCUT2D eigenvalue weighted by atomic mass is 10.3. The smallest absolute Gasteiger partial charge is 0.418 e. The van der Waals surface area contributed by atoms with Gasteiger partial charge in [0.2, 0.25) is 0 Å². The van der Waals surface area contributed by atoms with E-state index in [1.54, 1.807) is 23.3 Å². The average Bonchev–Trinajstić information content (AvgIpc) is 2.53. The molecule has 88 valence electrons. The maximum absolute atomic E-state index is 9.75. The van der Waals surface area contributed by atoms with Crippen molar-refractivity contribution in [1.82, 2.24) is 9.55 Å². The minimum atomic E-state index is -6.00. The van der Waals surface area contributed by atoms with E-state index in [-0.39, 0.29) is 0 Å². The van der Waals surface area contributed by atoms with Crippen LogP contribution in [0.1, 0.15) is 0 Å². The van der Waals surface area contributed by atoms with Crippen molar-refractivity contribution >= 4 is 7.25 Å². The number of aromatic nitrogens is 2. The van der Waals surface area contributed by atoms with E-state index in [1.807, 2.05) is 0 Å². The molecule has 1 rings (SSSR count). The van der Waals surface area contributed by atoms with Crippen molar-refractivity contribution in [2.75, 3.05) is 7.11 Å². The monoisotopic (exact) mass is 229 g/mol. The molecule has 0 spiro atoms. The first kappa shape index (κ1) is 13.9. The van der Waals surface area contributed by atoms with Gasteiger partial charge in [0.1, 0.15) is 0 Å². The van der Waals surface area contributed by atoms with E-state index in [0.717, 1.165) is 0 Å². The van der Waals surface area contributed by atoms with E-state index in [9.17, 15) is 17.3 Å². The summed E-state index contributed by atoms with van der Waals surface area (Å²) in [5, 5.41) is 8.96. The molecule has 0 saturated carbocycles. The Morgan fingerprint density at radius 2 is 2.00 bits per heavy atom. The highest BCUT2D eigenvalue weighted by Gasteiger charge is 2.20. The van der Waals surface area contributed by atoms with E-state index < -0.39 is 13.5 Å². The van der Waals surface area contributed by atoms with Crippen molar-refractivity contribution in [2.24, 2.45) is 0 Å². The van der Waals surface area contributed by atoms with Crippen LogP contribution in [0, 0.1) is 0 Å². The number of hydrogen-bond donors (Lipinski definition) is 1. The van der Waals surface area contributed by atoms with E-state index in [1.165, 1.54) is 7.11 Å². The Balaban J connectivity index is 0.000000336. The van der Waals surface area contributed by atoms with Crippen LogP contribution in [0.15, 0.2) is 18.7 Å². The number of hydrogen-bond acceptors (Lipinski definition) is 3. The van der Waals surface area contributed by atoms with Gasteiger partial charge in [-0.2, -0.15) is 0 Å². The zero-order chi connectivity index (χ0) is 11.9. The third-order valence-electron chi connectivity index (χ3n) is 1.20. The van der Waals surface area contributed by atoms with Gasteiger partial charge in [0.05, 0.1) is 12.9 Å². The summed E-state index contributed by atoms with van der Waals surface area (Å²) in [6.45, 7) is 0.427. The molecule has 0 amide bonds. The summed E-state index contributed by atoms with van der Waals surface area (Å²) in [5.74, 6) is 0. The zero-order valence-electron chi connectivity index (χ0n) is 7.86. The maximum Gasteiger partial charge on any atom is 0.673 e. The van der Waals surface area contributed by atoms with Crippen LogP contribution in [0.5, 0.6) is 0 Å². The topological polar surface area (TPSA) is 47.3 Å². The van der Waals surface area contributed by atoms with Crippen molar-refractivity contribution in [1.29, 1.82) is 0 Å². The van der Waals surface area contributed by atoms with Gasteiger partial charge in [-0.1, -0.05) is 0 Å². The predicted octanol–water partition coefficient (Wildman–Crippen LogP) is 1.15. The fourth-order valence-electron chi connectivity index (χ4n) is 0.650. The third kappa shape index (κ3) is 10.8. The summed E-state index contributed by atoms with van der Waals surface area (Å²) in [4.78, 5) is 3.81. The molecule has 15 heavy (non-hydrogen) atoms. The van der Waals surface area contributed by atoms with Gasteiger partial charge in [-0.05, 0) is 0 Å². The van der Waals surface area contributed by atoms with Crippen LogP contribution in [0.25, 0.3) is 0 Å². The standard InChI is InChI=1S/C6H10N2O2.BF4/c1-10-6(9)4-8-3-2-7-5-8;2-1(3,4)5/h2-3,5-6,9H,4H2,1H3;/q;-1. The molecule has 1 N–H and O–H groups in total. The SMILES string of the molecule is COC(O)Cn1ccnc1.F[B-](F)(F)F. The van der Waals surface area contributed by atoms with Crippen LogP contribution in [-0.4, -0.2) is 35.3 Å². The fraction of sp³-hybridized carbons (Fsp3) is 0.500. The maximum atomic E-state index is 9.75. The summed E-state index contributed by atoms with van der Waals surface area (Å²) in [7, 11) is -4.54. The minimum Gasteiger partial charge on any atom is -0.418 e. The molecule has 1 atom stereocenters. The number of rotatable bonds is 3. The third-order valence-corrected chi connectivity index (χ3v) is 1.20. The lowest BCUT2D eigenvalue weighted by Gasteiger charge is -2.07. The Morgan fingerprint density at radius 3 is 2.33 bits per heavy atom. The average molecular weight is 229 g/mol. The lowest BCUT2D eigenvalue weighted by molar-refractivity contribution is -0.0834. The Labute approximate surface area is 83.6 Å². The van der Waals surface area contributed by atoms with Crippen LogP contribution >= 0.6 is 0 Å². The molecule has 9 heteroatoms. The summed E-state index contributed by atoms with van der Waals surface area (Å²) in [6.07, 6.45) is 4.31. The van der Waals surface area contributed by atoms with Crippen molar-refractivity contribution in [3.63, 3.8) is 0 Å². The molecular formula is C6H10BF4N2O2-. The normalized spacial score (nSPS) is 12.9. The molecule has 1 heterocycles. The summed E-state index contributed by atoms with van der Waals surface area (Å²) < 4.78 is 45.4. The van der Waals surface area contributed by atoms with Gasteiger partial charge >= 0.3 is 7.25 Å². The van der Waals surface area contributed by atoms with Crippen LogP contribution in [-0.2, 0) is 11.3 Å². The van der Waals surface area contributed by atoms with Gasteiger partial charge in [-0.15, -0.1) is 0 Å². The molecule has 0 saturated heterocycles. The van der Waals surface area contributed by atoms with Gasteiger partial charge in [0.25, 0.3) is 0 Å². The molecule has 4 nitrogen and oxygen atoms in total. The molecule has 0 aliphatic heterocycles. The molecule has 1 aromatic rings. The van der Waals surface area contributed by atoms with E-state index >= 15 is 0 Å². The number of aliphatic hydroxyl groups is 1. The minimum absolute atomic E-state index is 0.427. The quantitative estimate of drug-likeness (QED) is 0.480. The Kier molecular flexibility index (Phi) is 5.94. The molecule has 0 aromatic carbocycles. The summed E-state index contributed by atoms with van der Waals surface area (Å²) in [6, 6.07) is 0. The van der Waals surface area contributed by atoms with Crippen molar-refractivity contribution in [3.8, 4) is 0 Å². The van der Waals surface area contributed by atoms with Crippen molar-refractivity contribution in [3.05, 3.63) is 18.7 Å². The fourth-order valence-corrected chi connectivity index (χ4v) is 0.650. The first-order valence-electron chi connectivity index (χ1n) is 3.87. The van der Waals surface area contributed by atoms with Crippen LogP contribution in [0.2, 0.25) is 0 Å². The van der Waals surface area contributed by atoms with E-state index in [4.69, 9.17) is 5.11 Å².